The van der Waals surface area contributed by atoms with Gasteiger partial charge in [0.2, 0.25) is 0 Å². The summed E-state index contributed by atoms with van der Waals surface area (Å²) in [5, 5.41) is 7.11. The summed E-state index contributed by atoms with van der Waals surface area (Å²) in [7, 11) is 0. The van der Waals surface area contributed by atoms with Gasteiger partial charge >= 0.3 is 0 Å². The predicted molar refractivity (Wildman–Crippen MR) is 79.2 cm³/mol. The molecule has 0 aromatic heterocycles. The molecule has 0 saturated heterocycles. The van der Waals surface area contributed by atoms with E-state index >= 15 is 0 Å². The highest BCUT2D eigenvalue weighted by atomic mass is 14.9. The minimum Gasteiger partial charge on any atom is -0.384 e. The van der Waals surface area contributed by atoms with Crippen molar-refractivity contribution in [2.75, 3.05) is 25.0 Å². The van der Waals surface area contributed by atoms with Crippen molar-refractivity contribution >= 4 is 5.69 Å². The second kappa shape index (κ2) is 5.31. The molecule has 1 aliphatic rings. The highest BCUT2D eigenvalue weighted by molar-refractivity contribution is 5.57. The lowest BCUT2D eigenvalue weighted by atomic mass is 9.82. The molecule has 1 aliphatic heterocycles. The summed E-state index contributed by atoms with van der Waals surface area (Å²) in [4.78, 5) is 0. The minimum atomic E-state index is 0.388. The average molecular weight is 246 g/mol. The van der Waals surface area contributed by atoms with Crippen molar-refractivity contribution in [3.8, 4) is 0 Å². The molecule has 0 saturated carbocycles. The molecule has 2 unspecified atom stereocenters. The summed E-state index contributed by atoms with van der Waals surface area (Å²) in [5.74, 6) is 1.32. The van der Waals surface area contributed by atoms with Crippen LogP contribution in [0.4, 0.5) is 5.69 Å². The van der Waals surface area contributed by atoms with Crippen LogP contribution in [0.2, 0.25) is 0 Å². The highest BCUT2D eigenvalue weighted by Gasteiger charge is 2.23. The number of nitrogens with one attached hydrogen (secondary N) is 2. The molecule has 1 aromatic rings. The second-order valence-electron chi connectivity index (χ2n) is 6.59. The van der Waals surface area contributed by atoms with Crippen LogP contribution in [-0.4, -0.2) is 19.6 Å². The van der Waals surface area contributed by atoms with Gasteiger partial charge in [0.05, 0.1) is 0 Å². The number of hydrogen-bond donors (Lipinski definition) is 2. The van der Waals surface area contributed by atoms with E-state index in [-0.39, 0.29) is 0 Å². The molecule has 0 radical (unpaired) electrons. The van der Waals surface area contributed by atoms with Gasteiger partial charge in [0, 0.05) is 24.7 Å². The number of para-hydroxylation sites is 1. The normalized spacial score (nSPS) is 20.3. The fourth-order valence-corrected chi connectivity index (χ4v) is 2.32. The van der Waals surface area contributed by atoms with E-state index in [9.17, 15) is 0 Å². The molecule has 18 heavy (non-hydrogen) atoms. The maximum absolute atomic E-state index is 3.63. The molecular weight excluding hydrogens is 220 g/mol. The van der Waals surface area contributed by atoms with E-state index in [1.165, 1.54) is 11.3 Å². The van der Waals surface area contributed by atoms with Crippen molar-refractivity contribution in [2.24, 2.45) is 11.3 Å². The Morgan fingerprint density at radius 1 is 1.33 bits per heavy atom. The second-order valence-corrected chi connectivity index (χ2v) is 6.59. The lowest BCUT2D eigenvalue weighted by Crippen LogP contribution is -2.32. The Labute approximate surface area is 111 Å². The molecule has 0 aliphatic carbocycles. The summed E-state index contributed by atoms with van der Waals surface area (Å²) >= 11 is 0. The number of rotatable bonds is 4. The molecule has 0 spiro atoms. The molecule has 2 nitrogen and oxygen atoms in total. The zero-order chi connectivity index (χ0) is 13.2. The van der Waals surface area contributed by atoms with Crippen LogP contribution < -0.4 is 10.6 Å². The number of anilines is 1. The molecular formula is C16H26N2. The van der Waals surface area contributed by atoms with Gasteiger partial charge in [-0.3, -0.25) is 0 Å². The van der Waals surface area contributed by atoms with Crippen molar-refractivity contribution in [3.63, 3.8) is 0 Å². The van der Waals surface area contributed by atoms with E-state index in [0.717, 1.165) is 19.6 Å². The van der Waals surface area contributed by atoms with Gasteiger partial charge in [0.1, 0.15) is 0 Å². The fourth-order valence-electron chi connectivity index (χ4n) is 2.32. The van der Waals surface area contributed by atoms with Crippen LogP contribution in [0.3, 0.4) is 0 Å². The lowest BCUT2D eigenvalue weighted by molar-refractivity contribution is 0.252. The van der Waals surface area contributed by atoms with E-state index < -0.39 is 0 Å². The fraction of sp³-hybridized carbons (Fsp3) is 0.625. The first-order chi connectivity index (χ1) is 8.48. The Balaban J connectivity index is 1.83. The van der Waals surface area contributed by atoms with Crippen molar-refractivity contribution in [2.45, 2.75) is 33.6 Å². The third kappa shape index (κ3) is 3.05. The van der Waals surface area contributed by atoms with Crippen LogP contribution in [0.1, 0.15) is 39.2 Å². The predicted octanol–water partition coefficient (Wildman–Crippen LogP) is 3.47. The van der Waals surface area contributed by atoms with Crippen LogP contribution in [0.5, 0.6) is 0 Å². The average Bonchev–Trinajstić information content (AvgIpc) is 2.71. The smallest absolute Gasteiger partial charge is 0.0376 e. The summed E-state index contributed by atoms with van der Waals surface area (Å²) in [6.45, 7) is 12.5. The molecule has 0 amide bonds. The Morgan fingerprint density at radius 2 is 2.06 bits per heavy atom. The van der Waals surface area contributed by atoms with E-state index in [0.29, 0.717) is 17.3 Å². The Kier molecular flexibility index (Phi) is 3.96. The van der Waals surface area contributed by atoms with Gasteiger partial charge in [-0.25, -0.2) is 0 Å². The van der Waals surface area contributed by atoms with Crippen LogP contribution in [0.25, 0.3) is 0 Å². The van der Waals surface area contributed by atoms with E-state index in [4.69, 9.17) is 0 Å². The number of hydrogen-bond acceptors (Lipinski definition) is 2. The molecule has 2 rings (SSSR count). The Hall–Kier alpha value is -1.02. The third-order valence-electron chi connectivity index (χ3n) is 4.26. The van der Waals surface area contributed by atoms with Crippen molar-refractivity contribution < 1.29 is 0 Å². The molecule has 2 N–H and O–H groups in total. The van der Waals surface area contributed by atoms with E-state index in [2.05, 4.69) is 62.6 Å². The number of benzene rings is 1. The zero-order valence-electron chi connectivity index (χ0n) is 12.1. The van der Waals surface area contributed by atoms with Crippen LogP contribution in [0, 0.1) is 11.3 Å². The first-order valence-corrected chi connectivity index (χ1v) is 7.02. The molecule has 0 bridgehead atoms. The summed E-state index contributed by atoms with van der Waals surface area (Å²) in [6.07, 6.45) is 0. The van der Waals surface area contributed by atoms with Crippen molar-refractivity contribution in [3.05, 3.63) is 29.8 Å². The topological polar surface area (TPSA) is 24.1 Å². The first-order valence-electron chi connectivity index (χ1n) is 7.02. The molecule has 100 valence electrons. The van der Waals surface area contributed by atoms with Crippen LogP contribution >= 0.6 is 0 Å². The molecule has 2 atom stereocenters. The quantitative estimate of drug-likeness (QED) is 0.850. The molecule has 1 heterocycles. The lowest BCUT2D eigenvalue weighted by Gasteiger charge is -2.28. The number of fused-ring (bicyclic) bond motifs is 1. The largest absolute Gasteiger partial charge is 0.384 e. The van der Waals surface area contributed by atoms with Crippen LogP contribution in [0.15, 0.2) is 24.3 Å². The van der Waals surface area contributed by atoms with Gasteiger partial charge < -0.3 is 10.6 Å². The zero-order valence-corrected chi connectivity index (χ0v) is 12.1. The molecule has 2 heteroatoms. The summed E-state index contributed by atoms with van der Waals surface area (Å²) < 4.78 is 0. The third-order valence-corrected chi connectivity index (χ3v) is 4.26. The van der Waals surface area contributed by atoms with Gasteiger partial charge in [0.25, 0.3) is 0 Å². The van der Waals surface area contributed by atoms with Gasteiger partial charge in [-0.1, -0.05) is 45.9 Å². The summed E-state index contributed by atoms with van der Waals surface area (Å²) in [5.41, 5.74) is 3.17. The van der Waals surface area contributed by atoms with Gasteiger partial charge in [0.15, 0.2) is 0 Å². The summed E-state index contributed by atoms with van der Waals surface area (Å²) in [6, 6.07) is 8.65. The maximum atomic E-state index is 3.63. The SMILES string of the molecule is CC(CNCC1CNc2ccccc21)C(C)(C)C. The first kappa shape index (κ1) is 13.4. The molecule has 1 aromatic carbocycles. The van der Waals surface area contributed by atoms with Gasteiger partial charge in [-0.05, 0) is 29.5 Å². The Morgan fingerprint density at radius 3 is 2.78 bits per heavy atom. The highest BCUT2D eigenvalue weighted by Crippen LogP contribution is 2.30. The van der Waals surface area contributed by atoms with E-state index in [1.807, 2.05) is 0 Å². The van der Waals surface area contributed by atoms with Crippen molar-refractivity contribution in [1.82, 2.24) is 5.32 Å². The minimum absolute atomic E-state index is 0.388. The Bertz CT molecular complexity index is 392. The van der Waals surface area contributed by atoms with Crippen LogP contribution in [-0.2, 0) is 0 Å². The van der Waals surface area contributed by atoms with E-state index in [1.54, 1.807) is 0 Å². The molecule has 0 fully saturated rings. The van der Waals surface area contributed by atoms with Gasteiger partial charge in [-0.2, -0.15) is 0 Å². The van der Waals surface area contributed by atoms with Crippen molar-refractivity contribution in [1.29, 1.82) is 0 Å². The standard InChI is InChI=1S/C16H26N2/c1-12(16(2,3)4)9-17-10-13-11-18-15-8-6-5-7-14(13)15/h5-8,12-13,17-18H,9-11H2,1-4H3. The monoisotopic (exact) mass is 246 g/mol. The maximum Gasteiger partial charge on any atom is 0.0376 e. The van der Waals surface area contributed by atoms with Gasteiger partial charge in [-0.15, -0.1) is 0 Å².